The number of hydrogen-bond acceptors (Lipinski definition) is 3. The highest BCUT2D eigenvalue weighted by atomic mass is 19.1. The van der Waals surface area contributed by atoms with E-state index in [2.05, 4.69) is 0 Å². The van der Waals surface area contributed by atoms with Crippen molar-refractivity contribution >= 4 is 6.08 Å². The van der Waals surface area contributed by atoms with Gasteiger partial charge in [-0.25, -0.2) is 4.39 Å². The van der Waals surface area contributed by atoms with Crippen LogP contribution in [0.25, 0.3) is 6.08 Å². The average molecular weight is 223 g/mol. The van der Waals surface area contributed by atoms with E-state index in [-0.39, 0.29) is 6.79 Å². The van der Waals surface area contributed by atoms with Gasteiger partial charge in [-0.1, -0.05) is 12.2 Å². The molecule has 2 N–H and O–H groups in total. The standard InChI is InChI=1S/C12H14FNO2/c1-8(13)10-5-9(3-2-4-14)12-11(6-10)15-7-16-12/h2-3,5-6,8H,4,7,14H2,1H3/b3-2+. The third kappa shape index (κ3) is 2.02. The highest BCUT2D eigenvalue weighted by Crippen LogP contribution is 2.39. The lowest BCUT2D eigenvalue weighted by atomic mass is 10.1. The minimum absolute atomic E-state index is 0.183. The van der Waals surface area contributed by atoms with Crippen molar-refractivity contribution in [2.45, 2.75) is 13.1 Å². The first-order valence-electron chi connectivity index (χ1n) is 5.16. The molecule has 0 fully saturated rings. The molecule has 1 heterocycles. The fourth-order valence-corrected chi connectivity index (χ4v) is 1.61. The summed E-state index contributed by atoms with van der Waals surface area (Å²) >= 11 is 0. The average Bonchev–Trinajstić information content (AvgIpc) is 2.73. The van der Waals surface area contributed by atoms with E-state index in [9.17, 15) is 4.39 Å². The Morgan fingerprint density at radius 1 is 1.50 bits per heavy atom. The SMILES string of the molecule is CC(F)c1cc(/C=C/CN)c2c(c1)OCO2. The van der Waals surface area contributed by atoms with E-state index in [0.717, 1.165) is 5.56 Å². The van der Waals surface area contributed by atoms with E-state index >= 15 is 0 Å². The molecule has 0 saturated heterocycles. The molecule has 1 atom stereocenters. The second-order valence-corrected chi connectivity index (χ2v) is 3.60. The summed E-state index contributed by atoms with van der Waals surface area (Å²) in [4.78, 5) is 0. The molecule has 2 rings (SSSR count). The third-order valence-electron chi connectivity index (χ3n) is 2.42. The Morgan fingerprint density at radius 3 is 3.00 bits per heavy atom. The van der Waals surface area contributed by atoms with Crippen LogP contribution in [0.3, 0.4) is 0 Å². The number of nitrogens with two attached hydrogens (primary N) is 1. The second-order valence-electron chi connectivity index (χ2n) is 3.60. The Kier molecular flexibility index (Phi) is 3.10. The zero-order chi connectivity index (χ0) is 11.5. The Hall–Kier alpha value is -1.55. The van der Waals surface area contributed by atoms with Gasteiger partial charge < -0.3 is 15.2 Å². The van der Waals surface area contributed by atoms with Crippen LogP contribution in [-0.4, -0.2) is 13.3 Å². The number of ether oxygens (including phenoxy) is 2. The molecule has 4 heteroatoms. The van der Waals surface area contributed by atoms with Gasteiger partial charge >= 0.3 is 0 Å². The molecule has 3 nitrogen and oxygen atoms in total. The van der Waals surface area contributed by atoms with E-state index in [1.54, 1.807) is 18.2 Å². The van der Waals surface area contributed by atoms with E-state index in [1.165, 1.54) is 6.92 Å². The highest BCUT2D eigenvalue weighted by Gasteiger charge is 2.19. The van der Waals surface area contributed by atoms with Gasteiger partial charge in [-0.2, -0.15) is 0 Å². The van der Waals surface area contributed by atoms with Crippen LogP contribution in [0.15, 0.2) is 18.2 Å². The third-order valence-corrected chi connectivity index (χ3v) is 2.42. The molecule has 0 spiro atoms. The fraction of sp³-hybridized carbons (Fsp3) is 0.333. The van der Waals surface area contributed by atoms with Crippen LogP contribution in [-0.2, 0) is 0 Å². The molecule has 0 saturated carbocycles. The summed E-state index contributed by atoms with van der Waals surface area (Å²) in [7, 11) is 0. The summed E-state index contributed by atoms with van der Waals surface area (Å²) in [6.45, 7) is 2.11. The smallest absolute Gasteiger partial charge is 0.231 e. The van der Waals surface area contributed by atoms with Crippen molar-refractivity contribution < 1.29 is 13.9 Å². The van der Waals surface area contributed by atoms with E-state index < -0.39 is 6.17 Å². The van der Waals surface area contributed by atoms with Crippen LogP contribution in [0.1, 0.15) is 24.2 Å². The lowest BCUT2D eigenvalue weighted by Crippen LogP contribution is -1.94. The van der Waals surface area contributed by atoms with Gasteiger partial charge in [0.05, 0.1) is 0 Å². The van der Waals surface area contributed by atoms with Gasteiger partial charge in [-0.15, -0.1) is 0 Å². The molecule has 0 amide bonds. The monoisotopic (exact) mass is 223 g/mol. The minimum atomic E-state index is -1.03. The van der Waals surface area contributed by atoms with Crippen molar-refractivity contribution in [3.05, 3.63) is 29.3 Å². The Labute approximate surface area is 93.7 Å². The maximum Gasteiger partial charge on any atom is 0.231 e. The summed E-state index contributed by atoms with van der Waals surface area (Å²) in [6, 6.07) is 3.43. The predicted molar refractivity (Wildman–Crippen MR) is 60.2 cm³/mol. The van der Waals surface area contributed by atoms with Crippen LogP contribution in [0.2, 0.25) is 0 Å². The van der Waals surface area contributed by atoms with Gasteiger partial charge in [0.15, 0.2) is 11.5 Å². The maximum atomic E-state index is 13.3. The lowest BCUT2D eigenvalue weighted by Gasteiger charge is -2.07. The van der Waals surface area contributed by atoms with Crippen LogP contribution in [0, 0.1) is 0 Å². The molecule has 0 radical (unpaired) electrons. The number of fused-ring (bicyclic) bond motifs is 1. The molecule has 1 unspecified atom stereocenters. The molecule has 0 aliphatic carbocycles. The first kappa shape index (κ1) is 11.0. The molecular weight excluding hydrogens is 209 g/mol. The van der Waals surface area contributed by atoms with Crippen LogP contribution >= 0.6 is 0 Å². The molecule has 1 aliphatic heterocycles. The Balaban J connectivity index is 2.45. The van der Waals surface area contributed by atoms with E-state index in [0.29, 0.717) is 23.6 Å². The van der Waals surface area contributed by atoms with Gasteiger partial charge in [0.1, 0.15) is 6.17 Å². The molecule has 1 aromatic carbocycles. The molecular formula is C12H14FNO2. The largest absolute Gasteiger partial charge is 0.454 e. The summed E-state index contributed by atoms with van der Waals surface area (Å²) in [5.41, 5.74) is 6.78. The van der Waals surface area contributed by atoms with E-state index in [4.69, 9.17) is 15.2 Å². The number of hydrogen-bond donors (Lipinski definition) is 1. The topological polar surface area (TPSA) is 44.5 Å². The zero-order valence-electron chi connectivity index (χ0n) is 9.07. The zero-order valence-corrected chi connectivity index (χ0v) is 9.07. The minimum Gasteiger partial charge on any atom is -0.454 e. The van der Waals surface area contributed by atoms with Crippen LogP contribution in [0.4, 0.5) is 4.39 Å². The Morgan fingerprint density at radius 2 is 2.31 bits per heavy atom. The Bertz CT molecular complexity index is 416. The second kappa shape index (κ2) is 4.53. The summed E-state index contributed by atoms with van der Waals surface area (Å²) in [5.74, 6) is 1.26. The molecule has 0 aromatic heterocycles. The first-order valence-corrected chi connectivity index (χ1v) is 5.16. The van der Waals surface area contributed by atoms with Crippen molar-refractivity contribution in [1.29, 1.82) is 0 Å². The molecule has 1 aromatic rings. The number of halogens is 1. The maximum absolute atomic E-state index is 13.3. The van der Waals surface area contributed by atoms with Gasteiger partial charge in [-0.05, 0) is 24.6 Å². The van der Waals surface area contributed by atoms with Crippen molar-refractivity contribution in [3.63, 3.8) is 0 Å². The normalized spacial score (nSPS) is 15.7. The van der Waals surface area contributed by atoms with Gasteiger partial charge in [0.2, 0.25) is 6.79 Å². The van der Waals surface area contributed by atoms with E-state index in [1.807, 2.05) is 6.08 Å². The lowest BCUT2D eigenvalue weighted by molar-refractivity contribution is 0.173. The predicted octanol–water partition coefficient (Wildman–Crippen LogP) is 2.42. The summed E-state index contributed by atoms with van der Waals surface area (Å²) < 4.78 is 23.8. The van der Waals surface area contributed by atoms with Crippen molar-refractivity contribution in [2.75, 3.05) is 13.3 Å². The van der Waals surface area contributed by atoms with Gasteiger partial charge in [0, 0.05) is 12.1 Å². The fourth-order valence-electron chi connectivity index (χ4n) is 1.61. The van der Waals surface area contributed by atoms with Crippen LogP contribution in [0.5, 0.6) is 11.5 Å². The van der Waals surface area contributed by atoms with Crippen molar-refractivity contribution in [3.8, 4) is 11.5 Å². The quantitative estimate of drug-likeness (QED) is 0.855. The van der Waals surface area contributed by atoms with Gasteiger partial charge in [-0.3, -0.25) is 0 Å². The van der Waals surface area contributed by atoms with Crippen molar-refractivity contribution in [1.82, 2.24) is 0 Å². The molecule has 1 aliphatic rings. The molecule has 16 heavy (non-hydrogen) atoms. The molecule has 86 valence electrons. The summed E-state index contributed by atoms with van der Waals surface area (Å²) in [6.07, 6.45) is 2.59. The first-order chi connectivity index (χ1) is 7.72. The molecule has 0 bridgehead atoms. The summed E-state index contributed by atoms with van der Waals surface area (Å²) in [5, 5.41) is 0. The highest BCUT2D eigenvalue weighted by molar-refractivity contribution is 5.64. The van der Waals surface area contributed by atoms with Crippen LogP contribution < -0.4 is 15.2 Å². The number of benzene rings is 1. The number of rotatable bonds is 3. The number of alkyl halides is 1. The van der Waals surface area contributed by atoms with Crippen molar-refractivity contribution in [2.24, 2.45) is 5.73 Å². The van der Waals surface area contributed by atoms with Gasteiger partial charge in [0.25, 0.3) is 0 Å².